The zero-order valence-corrected chi connectivity index (χ0v) is 13.1. The summed E-state index contributed by atoms with van der Waals surface area (Å²) in [7, 11) is 0. The molecule has 0 bridgehead atoms. The zero-order chi connectivity index (χ0) is 15.6. The van der Waals surface area contributed by atoms with E-state index in [1.807, 2.05) is 13.0 Å². The molecule has 2 atom stereocenters. The third-order valence-electron chi connectivity index (χ3n) is 4.12. The lowest BCUT2D eigenvalue weighted by Gasteiger charge is -2.32. The standard InChI is InChI=1S/C16H20ClNO3/c1-3-7-16(9-13(19)21-4-2)12-6-5-10(17)8-11(12)14(20)15(16)18/h5-6,8,15H,3-4,7,9,18H2,1-2H3. The van der Waals surface area contributed by atoms with Crippen molar-refractivity contribution in [3.63, 3.8) is 0 Å². The van der Waals surface area contributed by atoms with E-state index in [9.17, 15) is 9.59 Å². The van der Waals surface area contributed by atoms with Gasteiger partial charge in [0.15, 0.2) is 5.78 Å². The van der Waals surface area contributed by atoms with Gasteiger partial charge in [-0.25, -0.2) is 0 Å². The van der Waals surface area contributed by atoms with E-state index >= 15 is 0 Å². The van der Waals surface area contributed by atoms with Crippen LogP contribution in [0.3, 0.4) is 0 Å². The Labute approximate surface area is 129 Å². The Bertz CT molecular complexity index is 573. The number of hydrogen-bond acceptors (Lipinski definition) is 4. The molecule has 0 spiro atoms. The van der Waals surface area contributed by atoms with Gasteiger partial charge >= 0.3 is 5.97 Å². The lowest BCUT2D eigenvalue weighted by molar-refractivity contribution is -0.144. The van der Waals surface area contributed by atoms with Crippen molar-refractivity contribution in [2.75, 3.05) is 6.61 Å². The second kappa shape index (κ2) is 6.16. The molecular weight excluding hydrogens is 290 g/mol. The van der Waals surface area contributed by atoms with E-state index in [1.165, 1.54) is 0 Å². The molecule has 2 unspecified atom stereocenters. The zero-order valence-electron chi connectivity index (χ0n) is 12.3. The number of esters is 1. The number of carbonyl (C=O) groups is 2. The maximum absolute atomic E-state index is 12.4. The van der Waals surface area contributed by atoms with Gasteiger partial charge in [0.1, 0.15) is 0 Å². The van der Waals surface area contributed by atoms with Crippen LogP contribution in [0.25, 0.3) is 0 Å². The highest BCUT2D eigenvalue weighted by atomic mass is 35.5. The van der Waals surface area contributed by atoms with Crippen LogP contribution in [0, 0.1) is 0 Å². The first-order valence-electron chi connectivity index (χ1n) is 7.21. The van der Waals surface area contributed by atoms with Crippen molar-refractivity contribution in [1.82, 2.24) is 0 Å². The number of fused-ring (bicyclic) bond motifs is 1. The fourth-order valence-corrected chi connectivity index (χ4v) is 3.41. The SMILES string of the molecule is CCCC1(CC(=O)OCC)c2ccc(Cl)cc2C(=O)C1N. The van der Waals surface area contributed by atoms with E-state index < -0.39 is 11.5 Å². The molecule has 0 aromatic heterocycles. The second-order valence-electron chi connectivity index (χ2n) is 5.42. The van der Waals surface area contributed by atoms with Crippen molar-refractivity contribution in [1.29, 1.82) is 0 Å². The molecule has 4 nitrogen and oxygen atoms in total. The van der Waals surface area contributed by atoms with E-state index in [-0.39, 0.29) is 18.2 Å². The summed E-state index contributed by atoms with van der Waals surface area (Å²) in [4.78, 5) is 24.4. The average molecular weight is 310 g/mol. The van der Waals surface area contributed by atoms with Gasteiger partial charge in [0.2, 0.25) is 0 Å². The van der Waals surface area contributed by atoms with Gasteiger partial charge in [0.25, 0.3) is 0 Å². The Kier molecular flexibility index (Phi) is 4.69. The van der Waals surface area contributed by atoms with Crippen LogP contribution in [-0.2, 0) is 14.9 Å². The molecule has 2 rings (SSSR count). The fourth-order valence-electron chi connectivity index (χ4n) is 3.24. The summed E-state index contributed by atoms with van der Waals surface area (Å²) >= 11 is 5.98. The quantitative estimate of drug-likeness (QED) is 0.849. The van der Waals surface area contributed by atoms with Gasteiger partial charge in [-0.3, -0.25) is 9.59 Å². The van der Waals surface area contributed by atoms with Crippen LogP contribution >= 0.6 is 11.6 Å². The first-order valence-corrected chi connectivity index (χ1v) is 7.59. The Hall–Kier alpha value is -1.39. The number of rotatable bonds is 5. The summed E-state index contributed by atoms with van der Waals surface area (Å²) in [6.07, 6.45) is 1.60. The van der Waals surface area contributed by atoms with E-state index in [1.54, 1.807) is 19.1 Å². The molecule has 0 saturated heterocycles. The number of halogens is 1. The maximum Gasteiger partial charge on any atom is 0.306 e. The van der Waals surface area contributed by atoms with Crippen LogP contribution in [-0.4, -0.2) is 24.4 Å². The van der Waals surface area contributed by atoms with Crippen molar-refractivity contribution in [2.24, 2.45) is 5.73 Å². The molecule has 0 saturated carbocycles. The fraction of sp³-hybridized carbons (Fsp3) is 0.500. The number of nitrogens with two attached hydrogens (primary N) is 1. The Balaban J connectivity index is 2.50. The highest BCUT2D eigenvalue weighted by Gasteiger charge is 2.51. The van der Waals surface area contributed by atoms with Crippen LogP contribution in [0.1, 0.15) is 49.0 Å². The first kappa shape index (κ1) is 16.0. The van der Waals surface area contributed by atoms with Gasteiger partial charge in [-0.05, 0) is 31.0 Å². The van der Waals surface area contributed by atoms with Gasteiger partial charge in [0, 0.05) is 16.0 Å². The molecule has 1 aromatic carbocycles. The third-order valence-corrected chi connectivity index (χ3v) is 4.36. The maximum atomic E-state index is 12.4. The van der Waals surface area contributed by atoms with Crippen molar-refractivity contribution in [3.8, 4) is 0 Å². The minimum Gasteiger partial charge on any atom is -0.466 e. The second-order valence-corrected chi connectivity index (χ2v) is 5.86. The van der Waals surface area contributed by atoms with Crippen molar-refractivity contribution in [2.45, 2.75) is 44.6 Å². The molecular formula is C16H20ClNO3. The van der Waals surface area contributed by atoms with Crippen LogP contribution in [0.2, 0.25) is 5.02 Å². The lowest BCUT2D eigenvalue weighted by Crippen LogP contribution is -2.46. The minimum atomic E-state index is -0.727. The highest BCUT2D eigenvalue weighted by Crippen LogP contribution is 2.45. The Morgan fingerprint density at radius 2 is 2.14 bits per heavy atom. The van der Waals surface area contributed by atoms with E-state index in [2.05, 4.69) is 0 Å². The molecule has 5 heteroatoms. The molecule has 0 radical (unpaired) electrons. The predicted molar refractivity (Wildman–Crippen MR) is 81.6 cm³/mol. The van der Waals surface area contributed by atoms with Gasteiger partial charge in [-0.15, -0.1) is 0 Å². The first-order chi connectivity index (χ1) is 9.96. The largest absolute Gasteiger partial charge is 0.466 e. The highest BCUT2D eigenvalue weighted by molar-refractivity contribution is 6.31. The van der Waals surface area contributed by atoms with Crippen molar-refractivity contribution < 1.29 is 14.3 Å². The lowest BCUT2D eigenvalue weighted by atomic mass is 9.72. The summed E-state index contributed by atoms with van der Waals surface area (Å²) in [6, 6.07) is 4.47. The number of benzene rings is 1. The van der Waals surface area contributed by atoms with Crippen molar-refractivity contribution >= 4 is 23.4 Å². The summed E-state index contributed by atoms with van der Waals surface area (Å²) in [6.45, 7) is 4.09. The monoisotopic (exact) mass is 309 g/mol. The smallest absolute Gasteiger partial charge is 0.306 e. The van der Waals surface area contributed by atoms with Gasteiger partial charge in [-0.1, -0.05) is 31.0 Å². The number of ether oxygens (including phenoxy) is 1. The summed E-state index contributed by atoms with van der Waals surface area (Å²) in [5.74, 6) is -0.470. The molecule has 114 valence electrons. The van der Waals surface area contributed by atoms with Crippen LogP contribution in [0.15, 0.2) is 18.2 Å². The summed E-state index contributed by atoms with van der Waals surface area (Å²) < 4.78 is 5.07. The average Bonchev–Trinajstić information content (AvgIpc) is 2.62. The molecule has 0 amide bonds. The Morgan fingerprint density at radius 3 is 2.76 bits per heavy atom. The third kappa shape index (κ3) is 2.70. The van der Waals surface area contributed by atoms with Gasteiger partial charge in [0.05, 0.1) is 19.1 Å². The van der Waals surface area contributed by atoms with Crippen molar-refractivity contribution in [3.05, 3.63) is 34.3 Å². The molecule has 21 heavy (non-hydrogen) atoms. The molecule has 1 aromatic rings. The summed E-state index contributed by atoms with van der Waals surface area (Å²) in [5.41, 5.74) is 6.86. The normalized spacial score (nSPS) is 24.0. The van der Waals surface area contributed by atoms with Crippen LogP contribution in [0.5, 0.6) is 0 Å². The molecule has 0 aliphatic heterocycles. The summed E-state index contributed by atoms with van der Waals surface area (Å²) in [5, 5.41) is 0.498. The molecule has 2 N–H and O–H groups in total. The van der Waals surface area contributed by atoms with Crippen LogP contribution < -0.4 is 5.73 Å². The molecule has 0 fully saturated rings. The minimum absolute atomic E-state index is 0.121. The number of Topliss-reactive ketones (excluding diaryl/α,β-unsaturated/α-hetero) is 1. The number of ketones is 1. The van der Waals surface area contributed by atoms with Crippen LogP contribution in [0.4, 0.5) is 0 Å². The number of carbonyl (C=O) groups excluding carboxylic acids is 2. The molecule has 0 heterocycles. The predicted octanol–water partition coefficient (Wildman–Crippen LogP) is 2.85. The topological polar surface area (TPSA) is 69.4 Å². The van der Waals surface area contributed by atoms with E-state index in [4.69, 9.17) is 22.1 Å². The molecule has 1 aliphatic rings. The Morgan fingerprint density at radius 1 is 1.43 bits per heavy atom. The van der Waals surface area contributed by atoms with E-state index in [0.29, 0.717) is 23.6 Å². The van der Waals surface area contributed by atoms with Gasteiger partial charge < -0.3 is 10.5 Å². The van der Waals surface area contributed by atoms with E-state index in [0.717, 1.165) is 12.0 Å². The molecule has 1 aliphatic carbocycles. The van der Waals surface area contributed by atoms with Gasteiger partial charge in [-0.2, -0.15) is 0 Å². The number of hydrogen-bond donors (Lipinski definition) is 1.